The molecule has 4 heterocycles. The molecule has 3 N–H and O–H groups in total. The topological polar surface area (TPSA) is 157 Å². The number of carbonyl (C=O) groups excluding carboxylic acids is 3. The zero-order valence-electron chi connectivity index (χ0n) is 34.1. The average Bonchev–Trinajstić information content (AvgIpc) is 4.04. The van der Waals surface area contributed by atoms with Crippen molar-refractivity contribution in [3.63, 3.8) is 0 Å². The lowest BCUT2D eigenvalue weighted by Gasteiger charge is -2.37. The van der Waals surface area contributed by atoms with Crippen LogP contribution < -0.4 is 25.5 Å². The molecule has 58 heavy (non-hydrogen) atoms. The highest BCUT2D eigenvalue weighted by atomic mass is 28.3. The molecule has 1 aromatic heterocycles. The van der Waals surface area contributed by atoms with Crippen LogP contribution in [0, 0.1) is 5.92 Å². The van der Waals surface area contributed by atoms with E-state index in [-0.39, 0.29) is 60.3 Å². The van der Waals surface area contributed by atoms with Gasteiger partial charge in [-0.2, -0.15) is 0 Å². The number of aryl methyl sites for hydroxylation is 1. The molecular formula is C44H56N6O7Si. The lowest BCUT2D eigenvalue weighted by molar-refractivity contribution is -0.146. The molecule has 308 valence electrons. The number of aromatic nitrogens is 3. The normalized spacial score (nSPS) is 23.3. The summed E-state index contributed by atoms with van der Waals surface area (Å²) >= 11 is 0. The van der Waals surface area contributed by atoms with Crippen molar-refractivity contribution in [1.82, 2.24) is 20.3 Å². The van der Waals surface area contributed by atoms with Gasteiger partial charge in [0.25, 0.3) is 5.91 Å². The zero-order valence-corrected chi connectivity index (χ0v) is 35.1. The van der Waals surface area contributed by atoms with Crippen LogP contribution in [0.3, 0.4) is 0 Å². The minimum absolute atomic E-state index is 0.0181. The van der Waals surface area contributed by atoms with Gasteiger partial charge in [0, 0.05) is 42.9 Å². The highest BCUT2D eigenvalue weighted by molar-refractivity contribution is 6.91. The first-order valence-corrected chi connectivity index (χ1v) is 23.5. The molecule has 7 rings (SSSR count). The number of aliphatic hydroxyl groups is 1. The minimum Gasteiger partial charge on any atom is -0.497 e. The van der Waals surface area contributed by atoms with Gasteiger partial charge in [-0.25, -0.2) is 0 Å². The number of ether oxygens (including phenoxy) is 3. The molecule has 2 fully saturated rings. The van der Waals surface area contributed by atoms with Crippen molar-refractivity contribution in [3.8, 4) is 5.75 Å². The minimum atomic E-state index is -2.44. The van der Waals surface area contributed by atoms with E-state index in [2.05, 4.69) is 53.1 Å². The summed E-state index contributed by atoms with van der Waals surface area (Å²) in [6.07, 6.45) is 5.26. The fourth-order valence-electron chi connectivity index (χ4n) is 9.56. The van der Waals surface area contributed by atoms with Crippen LogP contribution in [0.4, 0.5) is 11.4 Å². The first kappa shape index (κ1) is 41.3. The summed E-state index contributed by atoms with van der Waals surface area (Å²) in [7, 11) is 0.602. The summed E-state index contributed by atoms with van der Waals surface area (Å²) in [6, 6.07) is 23.5. The number of amides is 2. The largest absolute Gasteiger partial charge is 0.497 e. The van der Waals surface area contributed by atoms with Crippen molar-refractivity contribution in [1.29, 1.82) is 0 Å². The van der Waals surface area contributed by atoms with E-state index in [1.54, 1.807) is 7.11 Å². The zero-order chi connectivity index (χ0) is 41.0. The van der Waals surface area contributed by atoms with Gasteiger partial charge in [-0.15, -0.1) is 5.10 Å². The summed E-state index contributed by atoms with van der Waals surface area (Å²) < 4.78 is 19.6. The Morgan fingerprint density at radius 3 is 2.53 bits per heavy atom. The van der Waals surface area contributed by atoms with Crippen molar-refractivity contribution in [3.05, 3.63) is 95.8 Å². The van der Waals surface area contributed by atoms with Gasteiger partial charge in [0.2, 0.25) is 5.91 Å². The standard InChI is InChI=1S/C44H56N6O7Si/c1-29-41(58(4,5)33-19-17-32(55-2)18-20-33)39(22-25-49-27-37(47-48-49)34(28-51)30-12-7-6-8-13-30)57-44(29)35-26-31(46-42(53)36-14-11-23-45-36)16-21-38(35)50(43(44)54)24-10-9-15-40(52)56-3/h6-8,12-13,16-21,26-27,29,34,36,39,41,45,51H,9-11,14-15,22-25,28H2,1-5H3,(H,46,53)/t29-,34?,36-,39+,41-,44+/m1/s1. The monoisotopic (exact) mass is 808 g/mol. The quantitative estimate of drug-likeness (QED) is 0.0791. The second kappa shape index (κ2) is 17.5. The van der Waals surface area contributed by atoms with Crippen molar-refractivity contribution < 1.29 is 33.7 Å². The molecule has 1 unspecified atom stereocenters. The van der Waals surface area contributed by atoms with E-state index in [0.717, 1.165) is 42.0 Å². The van der Waals surface area contributed by atoms with Crippen LogP contribution in [0.5, 0.6) is 5.75 Å². The molecule has 3 aliphatic heterocycles. The molecule has 0 radical (unpaired) electrons. The number of rotatable bonds is 16. The van der Waals surface area contributed by atoms with Crippen LogP contribution in [-0.4, -0.2) is 92.0 Å². The van der Waals surface area contributed by atoms with Crippen LogP contribution in [0.2, 0.25) is 18.6 Å². The molecule has 0 saturated carbocycles. The Bertz CT molecular complexity index is 2070. The van der Waals surface area contributed by atoms with Crippen LogP contribution in [0.1, 0.15) is 68.2 Å². The fraction of sp³-hybridized carbons (Fsp3) is 0.477. The maximum Gasteiger partial charge on any atom is 0.305 e. The fourth-order valence-corrected chi connectivity index (χ4v) is 13.6. The Balaban J connectivity index is 1.25. The summed E-state index contributed by atoms with van der Waals surface area (Å²) in [6.45, 7) is 8.44. The molecule has 3 aromatic carbocycles. The first-order valence-electron chi connectivity index (χ1n) is 20.5. The number of anilines is 2. The van der Waals surface area contributed by atoms with Crippen LogP contribution in [0.25, 0.3) is 0 Å². The number of nitrogens with zero attached hydrogens (tertiary/aromatic N) is 4. The molecule has 0 bridgehead atoms. The van der Waals surface area contributed by atoms with Gasteiger partial charge in [0.1, 0.15) is 5.75 Å². The molecule has 2 saturated heterocycles. The first-order chi connectivity index (χ1) is 28.0. The van der Waals surface area contributed by atoms with Gasteiger partial charge in [0.05, 0.1) is 58.3 Å². The molecule has 3 aliphatic rings. The van der Waals surface area contributed by atoms with Crippen molar-refractivity contribution in [2.75, 3.05) is 44.1 Å². The summed E-state index contributed by atoms with van der Waals surface area (Å²) in [5.74, 6) is -0.280. The van der Waals surface area contributed by atoms with Crippen molar-refractivity contribution in [2.24, 2.45) is 5.92 Å². The van der Waals surface area contributed by atoms with Crippen LogP contribution in [-0.2, 0) is 36.0 Å². The number of unbranched alkanes of at least 4 members (excludes halogenated alkanes) is 1. The molecule has 6 atom stereocenters. The Labute approximate surface area is 341 Å². The van der Waals surface area contributed by atoms with Crippen LogP contribution in [0.15, 0.2) is 79.0 Å². The van der Waals surface area contributed by atoms with Gasteiger partial charge in [-0.05, 0) is 80.1 Å². The Hall–Kier alpha value is -4.89. The number of hydrogen-bond acceptors (Lipinski definition) is 10. The lowest BCUT2D eigenvalue weighted by Crippen LogP contribution is -2.52. The smallest absolute Gasteiger partial charge is 0.305 e. The molecule has 1 spiro atoms. The second-order valence-electron chi connectivity index (χ2n) is 16.4. The van der Waals surface area contributed by atoms with Crippen LogP contribution >= 0.6 is 0 Å². The maximum atomic E-state index is 15.2. The van der Waals surface area contributed by atoms with E-state index in [1.807, 2.05) is 76.4 Å². The van der Waals surface area contributed by atoms with E-state index in [9.17, 15) is 14.7 Å². The second-order valence-corrected chi connectivity index (χ2v) is 21.0. The molecule has 14 heteroatoms. The predicted octanol–water partition coefficient (Wildman–Crippen LogP) is 5.10. The summed E-state index contributed by atoms with van der Waals surface area (Å²) in [4.78, 5) is 42.3. The SMILES string of the molecule is COC(=O)CCCCN1C(=O)[C@@]2(O[C@@H](CCn3cc(C(CO)c4ccccc4)nn3)[C@H]([Si](C)(C)c3ccc(OC)cc3)[C@H]2C)c2cc(NC(=O)[C@H]3CCCN3)ccc21. The van der Waals surface area contributed by atoms with Crippen molar-refractivity contribution in [2.45, 2.75) is 94.3 Å². The van der Waals surface area contributed by atoms with Gasteiger partial charge in [-0.1, -0.05) is 72.9 Å². The van der Waals surface area contributed by atoms with Gasteiger partial charge in [0.15, 0.2) is 5.60 Å². The number of aliphatic hydroxyl groups excluding tert-OH is 1. The van der Waals surface area contributed by atoms with Gasteiger partial charge >= 0.3 is 5.97 Å². The van der Waals surface area contributed by atoms with Crippen molar-refractivity contribution >= 4 is 42.4 Å². The Morgan fingerprint density at radius 2 is 1.84 bits per heavy atom. The highest BCUT2D eigenvalue weighted by Gasteiger charge is 2.66. The molecule has 4 aromatic rings. The highest BCUT2D eigenvalue weighted by Crippen LogP contribution is 2.60. The Morgan fingerprint density at radius 1 is 1.07 bits per heavy atom. The number of carbonyl (C=O) groups is 3. The third-order valence-corrected chi connectivity index (χ3v) is 17.0. The number of fused-ring (bicyclic) bond motifs is 2. The van der Waals surface area contributed by atoms with E-state index in [4.69, 9.17) is 14.2 Å². The summed E-state index contributed by atoms with van der Waals surface area (Å²) in [5, 5.41) is 26.9. The number of benzene rings is 3. The third-order valence-electron chi connectivity index (χ3n) is 12.7. The lowest BCUT2D eigenvalue weighted by atomic mass is 9.82. The van der Waals surface area contributed by atoms with E-state index >= 15 is 4.79 Å². The third kappa shape index (κ3) is 7.94. The van der Waals surface area contributed by atoms with E-state index < -0.39 is 13.7 Å². The predicted molar refractivity (Wildman–Crippen MR) is 224 cm³/mol. The molecule has 2 amide bonds. The number of nitrogens with one attached hydrogen (secondary N) is 2. The summed E-state index contributed by atoms with van der Waals surface area (Å²) in [5.41, 5.74) is 2.43. The van der Waals surface area contributed by atoms with Gasteiger partial charge < -0.3 is 34.9 Å². The maximum absolute atomic E-state index is 15.2. The van der Waals surface area contributed by atoms with E-state index in [0.29, 0.717) is 43.7 Å². The number of esters is 1. The average molecular weight is 809 g/mol. The molecular weight excluding hydrogens is 753 g/mol. The van der Waals surface area contributed by atoms with Gasteiger partial charge in [-0.3, -0.25) is 19.1 Å². The number of hydrogen-bond donors (Lipinski definition) is 3. The van der Waals surface area contributed by atoms with E-state index in [1.165, 1.54) is 12.3 Å². The number of methoxy groups -OCH3 is 2. The Kier molecular flexibility index (Phi) is 12.5. The molecule has 13 nitrogen and oxygen atoms in total. The molecule has 0 aliphatic carbocycles.